The van der Waals surface area contributed by atoms with Crippen molar-refractivity contribution in [3.8, 4) is 0 Å². The third-order valence-corrected chi connectivity index (χ3v) is 6.60. The van der Waals surface area contributed by atoms with E-state index in [1.54, 1.807) is 42.5 Å². The van der Waals surface area contributed by atoms with E-state index in [2.05, 4.69) is 4.72 Å². The van der Waals surface area contributed by atoms with Crippen molar-refractivity contribution >= 4 is 54.7 Å². The van der Waals surface area contributed by atoms with E-state index in [1.807, 2.05) is 6.92 Å². The number of methoxy groups -OCH3 is 1. The molecule has 0 bridgehead atoms. The van der Waals surface area contributed by atoms with Gasteiger partial charge in [-0.15, -0.1) is 11.3 Å². The number of anilines is 1. The lowest BCUT2D eigenvalue weighted by atomic mass is 10.2. The molecule has 0 unspecified atom stereocenters. The number of rotatable bonds is 4. The minimum atomic E-state index is -4.04. The molecule has 0 aliphatic rings. The number of hydrogen-bond acceptors (Lipinski definition) is 5. The van der Waals surface area contributed by atoms with Gasteiger partial charge in [-0.05, 0) is 30.7 Å². The second kappa shape index (κ2) is 6.67. The van der Waals surface area contributed by atoms with Crippen molar-refractivity contribution in [1.82, 2.24) is 0 Å². The predicted molar refractivity (Wildman–Crippen MR) is 100 cm³/mol. The van der Waals surface area contributed by atoms with E-state index in [-0.39, 0.29) is 20.5 Å². The molecule has 25 heavy (non-hydrogen) atoms. The molecule has 0 fully saturated rings. The second-order valence-electron chi connectivity index (χ2n) is 5.34. The lowest BCUT2D eigenvalue weighted by Gasteiger charge is -2.11. The van der Waals surface area contributed by atoms with Gasteiger partial charge in [-0.25, -0.2) is 13.2 Å². The Balaban J connectivity index is 2.18. The first-order chi connectivity index (χ1) is 11.8. The summed E-state index contributed by atoms with van der Waals surface area (Å²) in [5.74, 6) is -0.698. The highest BCUT2D eigenvalue weighted by Crippen LogP contribution is 2.36. The van der Waals surface area contributed by atoms with Crippen molar-refractivity contribution in [3.05, 3.63) is 57.9 Å². The summed E-state index contributed by atoms with van der Waals surface area (Å²) in [4.78, 5) is 12.0. The van der Waals surface area contributed by atoms with Crippen molar-refractivity contribution < 1.29 is 17.9 Å². The van der Waals surface area contributed by atoms with Crippen molar-refractivity contribution in [2.75, 3.05) is 11.8 Å². The molecule has 0 spiro atoms. The molecule has 0 saturated heterocycles. The molecule has 3 rings (SSSR count). The van der Waals surface area contributed by atoms with Crippen LogP contribution in [0.3, 0.4) is 0 Å². The molecule has 3 aromatic rings. The first-order valence-corrected chi connectivity index (χ1v) is 9.90. The molecule has 1 N–H and O–H groups in total. The largest absolute Gasteiger partial charge is 0.465 e. The Morgan fingerprint density at radius 2 is 1.92 bits per heavy atom. The maximum absolute atomic E-state index is 13.0. The van der Waals surface area contributed by atoms with E-state index >= 15 is 0 Å². The summed E-state index contributed by atoms with van der Waals surface area (Å²) in [6.07, 6.45) is 0. The van der Waals surface area contributed by atoms with Gasteiger partial charge in [0.15, 0.2) is 0 Å². The van der Waals surface area contributed by atoms with Gasteiger partial charge in [-0.1, -0.05) is 35.9 Å². The molecular formula is C17H14ClNO4S2. The summed E-state index contributed by atoms with van der Waals surface area (Å²) in [6, 6.07) is 11.9. The predicted octanol–water partition coefficient (Wildman–Crippen LogP) is 4.45. The van der Waals surface area contributed by atoms with Crippen LogP contribution in [-0.2, 0) is 14.8 Å². The van der Waals surface area contributed by atoms with Gasteiger partial charge in [0.25, 0.3) is 10.0 Å². The SMILES string of the molecule is COC(=O)c1sc2ccccc2c1S(=O)(=O)Nc1ccc(C)cc1Cl. The zero-order valence-corrected chi connectivity index (χ0v) is 15.8. The highest BCUT2D eigenvalue weighted by molar-refractivity contribution is 7.93. The maximum atomic E-state index is 13.0. The molecule has 0 radical (unpaired) electrons. The van der Waals surface area contributed by atoms with Crippen LogP contribution >= 0.6 is 22.9 Å². The number of aryl methyl sites for hydroxylation is 1. The summed E-state index contributed by atoms with van der Waals surface area (Å²) < 4.78 is 33.9. The second-order valence-corrected chi connectivity index (χ2v) is 8.42. The number of fused-ring (bicyclic) bond motifs is 1. The monoisotopic (exact) mass is 395 g/mol. The van der Waals surface area contributed by atoms with E-state index in [0.29, 0.717) is 10.1 Å². The Morgan fingerprint density at radius 3 is 2.60 bits per heavy atom. The topological polar surface area (TPSA) is 72.5 Å². The molecule has 0 aliphatic heterocycles. The van der Waals surface area contributed by atoms with Gasteiger partial charge in [-0.3, -0.25) is 4.72 Å². The lowest BCUT2D eigenvalue weighted by molar-refractivity contribution is 0.0602. The van der Waals surface area contributed by atoms with Crippen LogP contribution in [0.2, 0.25) is 5.02 Å². The first-order valence-electron chi connectivity index (χ1n) is 7.22. The molecule has 0 amide bonds. The third-order valence-electron chi connectivity index (χ3n) is 3.56. The van der Waals surface area contributed by atoms with Crippen LogP contribution in [0.5, 0.6) is 0 Å². The van der Waals surface area contributed by atoms with Crippen LogP contribution in [0.15, 0.2) is 47.4 Å². The first kappa shape index (κ1) is 17.7. The fraction of sp³-hybridized carbons (Fsp3) is 0.118. The van der Waals surface area contributed by atoms with Crippen LogP contribution < -0.4 is 4.72 Å². The summed E-state index contributed by atoms with van der Waals surface area (Å²) in [5, 5.41) is 0.742. The average molecular weight is 396 g/mol. The van der Waals surface area contributed by atoms with Crippen molar-refractivity contribution in [2.45, 2.75) is 11.8 Å². The fourth-order valence-corrected chi connectivity index (χ4v) is 5.65. The van der Waals surface area contributed by atoms with Crippen molar-refractivity contribution in [3.63, 3.8) is 0 Å². The zero-order valence-electron chi connectivity index (χ0n) is 13.4. The normalized spacial score (nSPS) is 11.5. The summed E-state index contributed by atoms with van der Waals surface area (Å²) >= 11 is 7.20. The number of halogens is 1. The number of thiophene rings is 1. The number of hydrogen-bond donors (Lipinski definition) is 1. The number of ether oxygens (including phenoxy) is 1. The number of nitrogens with one attached hydrogen (secondary N) is 1. The Kier molecular flexibility index (Phi) is 4.73. The minimum Gasteiger partial charge on any atom is -0.465 e. The summed E-state index contributed by atoms with van der Waals surface area (Å²) in [7, 11) is -2.83. The van der Waals surface area contributed by atoms with Gasteiger partial charge in [0.1, 0.15) is 9.77 Å². The van der Waals surface area contributed by atoms with Crippen molar-refractivity contribution in [2.24, 2.45) is 0 Å². The molecule has 1 heterocycles. The van der Waals surface area contributed by atoms with Crippen molar-refractivity contribution in [1.29, 1.82) is 0 Å². The maximum Gasteiger partial charge on any atom is 0.349 e. The summed E-state index contributed by atoms with van der Waals surface area (Å²) in [6.45, 7) is 1.85. The number of esters is 1. The molecule has 130 valence electrons. The van der Waals surface area contributed by atoms with E-state index in [1.165, 1.54) is 7.11 Å². The molecule has 0 atom stereocenters. The quantitative estimate of drug-likeness (QED) is 0.662. The molecule has 1 aromatic heterocycles. The number of carbonyl (C=O) groups excluding carboxylic acids is 1. The third kappa shape index (κ3) is 3.35. The summed E-state index contributed by atoms with van der Waals surface area (Å²) in [5.41, 5.74) is 1.16. The molecule has 0 aliphatic carbocycles. The van der Waals surface area contributed by atoms with E-state index < -0.39 is 16.0 Å². The highest BCUT2D eigenvalue weighted by atomic mass is 35.5. The lowest BCUT2D eigenvalue weighted by Crippen LogP contribution is -2.16. The smallest absolute Gasteiger partial charge is 0.349 e. The Morgan fingerprint density at radius 1 is 1.20 bits per heavy atom. The van der Waals surface area contributed by atoms with Gasteiger partial charge in [0.2, 0.25) is 0 Å². The zero-order chi connectivity index (χ0) is 18.2. The van der Waals surface area contributed by atoms with E-state index in [9.17, 15) is 13.2 Å². The van der Waals surface area contributed by atoms with Crippen LogP contribution in [0, 0.1) is 6.92 Å². The fourth-order valence-electron chi connectivity index (χ4n) is 2.41. The van der Waals surface area contributed by atoms with Crippen LogP contribution in [0.4, 0.5) is 5.69 Å². The molecular weight excluding hydrogens is 382 g/mol. The van der Waals surface area contributed by atoms with Gasteiger partial charge < -0.3 is 4.74 Å². The van der Waals surface area contributed by atoms with Crippen LogP contribution in [0.25, 0.3) is 10.1 Å². The minimum absolute atomic E-state index is 0.0273. The molecule has 2 aromatic carbocycles. The molecule has 8 heteroatoms. The number of sulfonamides is 1. The van der Waals surface area contributed by atoms with Gasteiger partial charge in [0, 0.05) is 10.1 Å². The van der Waals surface area contributed by atoms with Crippen LogP contribution in [0.1, 0.15) is 15.2 Å². The highest BCUT2D eigenvalue weighted by Gasteiger charge is 2.29. The van der Waals surface area contributed by atoms with Gasteiger partial charge in [0.05, 0.1) is 17.8 Å². The molecule has 0 saturated carbocycles. The number of carbonyl (C=O) groups is 1. The Bertz CT molecular complexity index is 1070. The Hall–Kier alpha value is -2.09. The molecule has 5 nitrogen and oxygen atoms in total. The Labute approximate surface area is 154 Å². The average Bonchev–Trinajstić information content (AvgIpc) is 2.97. The standard InChI is InChI=1S/C17H14ClNO4S2/c1-10-7-8-13(12(18)9-10)19-25(21,22)16-11-5-3-4-6-14(11)24-15(16)17(20)23-2/h3-9,19H,1-2H3. The number of benzene rings is 2. The van der Waals surface area contributed by atoms with Gasteiger partial charge >= 0.3 is 5.97 Å². The van der Waals surface area contributed by atoms with Gasteiger partial charge in [-0.2, -0.15) is 0 Å². The van der Waals surface area contributed by atoms with E-state index in [0.717, 1.165) is 16.9 Å². The van der Waals surface area contributed by atoms with Crippen LogP contribution in [-0.4, -0.2) is 21.5 Å². The van der Waals surface area contributed by atoms with E-state index in [4.69, 9.17) is 16.3 Å².